The molecule has 47 heavy (non-hydrogen) atoms. The second-order valence-electron chi connectivity index (χ2n) is 15.0. The summed E-state index contributed by atoms with van der Waals surface area (Å²) in [5, 5.41) is 0. The van der Waals surface area contributed by atoms with Gasteiger partial charge in [0, 0.05) is 12.8 Å². The van der Waals surface area contributed by atoms with E-state index in [0.29, 0.717) is 12.8 Å². The van der Waals surface area contributed by atoms with Gasteiger partial charge in [-0.1, -0.05) is 220 Å². The van der Waals surface area contributed by atoms with Crippen LogP contribution in [0.5, 0.6) is 0 Å². The van der Waals surface area contributed by atoms with E-state index in [4.69, 9.17) is 4.74 Å². The number of carbonyl (C=O) groups is 2. The predicted octanol–water partition coefficient (Wildman–Crippen LogP) is 15.0. The van der Waals surface area contributed by atoms with Crippen LogP contribution in [0, 0.1) is 0 Å². The Morgan fingerprint density at radius 3 is 0.745 bits per heavy atom. The Morgan fingerprint density at radius 2 is 0.532 bits per heavy atom. The third-order valence-electron chi connectivity index (χ3n) is 10.2. The number of ketones is 2. The van der Waals surface area contributed by atoms with E-state index in [9.17, 15) is 9.59 Å². The van der Waals surface area contributed by atoms with Gasteiger partial charge in [-0.2, -0.15) is 0 Å². The summed E-state index contributed by atoms with van der Waals surface area (Å²) in [6.07, 6.45) is 43.7. The second-order valence-corrected chi connectivity index (χ2v) is 15.0. The monoisotopic (exact) mass is 663 g/mol. The Bertz CT molecular complexity index is 590. The maximum atomic E-state index is 13.1. The summed E-state index contributed by atoms with van der Waals surface area (Å²) in [4.78, 5) is 26.2. The number of ether oxygens (including phenoxy) is 1. The minimum Gasteiger partial charge on any atom is -0.359 e. The minimum atomic E-state index is -0.395. The molecule has 0 saturated heterocycles. The number of rotatable bonds is 40. The molecule has 0 saturated carbocycles. The highest BCUT2D eigenvalue weighted by Gasteiger charge is 2.26. The molecule has 0 N–H and O–H groups in total. The first kappa shape index (κ1) is 46.3. The summed E-state index contributed by atoms with van der Waals surface area (Å²) in [6.45, 7) is 8.80. The van der Waals surface area contributed by atoms with E-state index in [1.165, 1.54) is 167 Å². The zero-order valence-corrected chi connectivity index (χ0v) is 32.8. The number of Topliss-reactive ketones (excluding diaryl/α,β-unsaturated/α-hetero) is 2. The average Bonchev–Trinajstić information content (AvgIpc) is 3.07. The van der Waals surface area contributed by atoms with Crippen LogP contribution in [0.2, 0.25) is 0 Å². The summed E-state index contributed by atoms with van der Waals surface area (Å²) < 4.78 is 6.31. The maximum Gasteiger partial charge on any atom is 0.161 e. The smallest absolute Gasteiger partial charge is 0.161 e. The zero-order chi connectivity index (χ0) is 34.5. The van der Waals surface area contributed by atoms with Gasteiger partial charge in [-0.05, 0) is 25.7 Å². The molecule has 0 bridgehead atoms. The van der Waals surface area contributed by atoms with E-state index in [-0.39, 0.29) is 11.6 Å². The van der Waals surface area contributed by atoms with Crippen molar-refractivity contribution in [2.75, 3.05) is 0 Å². The summed E-state index contributed by atoms with van der Waals surface area (Å²) in [5.41, 5.74) is 0. The molecule has 0 heterocycles. The molecule has 0 aliphatic rings. The van der Waals surface area contributed by atoms with Crippen LogP contribution in [0.3, 0.4) is 0 Å². The van der Waals surface area contributed by atoms with Crippen LogP contribution in [0.1, 0.15) is 259 Å². The number of carbonyl (C=O) groups excluding carboxylic acids is 2. The third-order valence-corrected chi connectivity index (χ3v) is 10.2. The standard InChI is InChI=1S/C44H86O3/c1-5-9-11-13-15-17-19-21-23-25-27-29-31-33-35-39-41(45)43(37-7-3)47-44(38-8-4)42(46)40-36-34-32-30-28-26-24-22-20-18-16-14-12-10-6-2/h43-44H,5-40H2,1-4H3. The molecule has 0 aliphatic heterocycles. The van der Waals surface area contributed by atoms with Crippen LogP contribution < -0.4 is 0 Å². The van der Waals surface area contributed by atoms with Gasteiger partial charge in [0.1, 0.15) is 12.2 Å². The van der Waals surface area contributed by atoms with E-state index in [0.717, 1.165) is 51.4 Å². The summed E-state index contributed by atoms with van der Waals surface area (Å²) in [5.74, 6) is 0.449. The molecular formula is C44H86O3. The first-order valence-electron chi connectivity index (χ1n) is 21.8. The van der Waals surface area contributed by atoms with Gasteiger partial charge >= 0.3 is 0 Å². The lowest BCUT2D eigenvalue weighted by molar-refractivity contribution is -0.144. The Hall–Kier alpha value is -0.700. The van der Waals surface area contributed by atoms with Crippen LogP contribution in [-0.2, 0) is 14.3 Å². The van der Waals surface area contributed by atoms with Crippen molar-refractivity contribution in [1.29, 1.82) is 0 Å². The van der Waals surface area contributed by atoms with Crippen LogP contribution in [-0.4, -0.2) is 23.8 Å². The topological polar surface area (TPSA) is 43.4 Å². The van der Waals surface area contributed by atoms with Crippen LogP contribution >= 0.6 is 0 Å². The number of hydrogen-bond acceptors (Lipinski definition) is 3. The van der Waals surface area contributed by atoms with Crippen molar-refractivity contribution in [2.45, 2.75) is 271 Å². The first-order valence-corrected chi connectivity index (χ1v) is 21.8. The third kappa shape index (κ3) is 32.3. The van der Waals surface area contributed by atoms with Crippen LogP contribution in [0.25, 0.3) is 0 Å². The van der Waals surface area contributed by atoms with E-state index in [2.05, 4.69) is 27.7 Å². The molecule has 0 amide bonds. The fraction of sp³-hybridized carbons (Fsp3) is 0.955. The van der Waals surface area contributed by atoms with E-state index < -0.39 is 12.2 Å². The molecule has 0 fully saturated rings. The summed E-state index contributed by atoms with van der Waals surface area (Å²) in [7, 11) is 0. The molecule has 0 radical (unpaired) electrons. The van der Waals surface area contributed by atoms with Crippen molar-refractivity contribution < 1.29 is 14.3 Å². The van der Waals surface area contributed by atoms with Gasteiger partial charge in [0.05, 0.1) is 0 Å². The van der Waals surface area contributed by atoms with Crippen molar-refractivity contribution in [3.63, 3.8) is 0 Å². The molecule has 0 aromatic carbocycles. The van der Waals surface area contributed by atoms with Gasteiger partial charge in [-0.25, -0.2) is 0 Å². The van der Waals surface area contributed by atoms with Gasteiger partial charge in [0.15, 0.2) is 11.6 Å². The molecule has 0 aromatic heterocycles. The minimum absolute atomic E-state index is 0.224. The molecule has 0 aromatic rings. The fourth-order valence-electron chi connectivity index (χ4n) is 7.00. The predicted molar refractivity (Wildman–Crippen MR) is 208 cm³/mol. The highest BCUT2D eigenvalue weighted by Crippen LogP contribution is 2.19. The van der Waals surface area contributed by atoms with Gasteiger partial charge in [0.2, 0.25) is 0 Å². The molecule has 3 nitrogen and oxygen atoms in total. The van der Waals surface area contributed by atoms with Crippen molar-refractivity contribution >= 4 is 11.6 Å². The van der Waals surface area contributed by atoms with E-state index in [1.54, 1.807) is 0 Å². The van der Waals surface area contributed by atoms with Gasteiger partial charge < -0.3 is 4.74 Å². The highest BCUT2D eigenvalue weighted by molar-refractivity contribution is 5.85. The number of hydrogen-bond donors (Lipinski definition) is 0. The van der Waals surface area contributed by atoms with Crippen LogP contribution in [0.4, 0.5) is 0 Å². The Balaban J connectivity index is 3.97. The molecule has 0 rings (SSSR count). The van der Waals surface area contributed by atoms with Crippen molar-refractivity contribution in [3.05, 3.63) is 0 Å². The quantitative estimate of drug-likeness (QED) is 0.0613. The first-order chi connectivity index (χ1) is 23.1. The Morgan fingerprint density at radius 1 is 0.319 bits per heavy atom. The summed E-state index contributed by atoms with van der Waals surface area (Å²) in [6, 6.07) is 0. The number of unbranched alkanes of at least 4 members (excludes halogenated alkanes) is 28. The van der Waals surface area contributed by atoms with E-state index >= 15 is 0 Å². The molecule has 2 unspecified atom stereocenters. The van der Waals surface area contributed by atoms with Gasteiger partial charge in [-0.3, -0.25) is 9.59 Å². The van der Waals surface area contributed by atoms with Crippen molar-refractivity contribution in [1.82, 2.24) is 0 Å². The van der Waals surface area contributed by atoms with E-state index in [1.807, 2.05) is 0 Å². The van der Waals surface area contributed by atoms with Gasteiger partial charge in [0.25, 0.3) is 0 Å². The molecular weight excluding hydrogens is 576 g/mol. The zero-order valence-electron chi connectivity index (χ0n) is 32.8. The molecule has 280 valence electrons. The lowest BCUT2D eigenvalue weighted by Gasteiger charge is -2.23. The van der Waals surface area contributed by atoms with Gasteiger partial charge in [-0.15, -0.1) is 0 Å². The average molecular weight is 663 g/mol. The molecule has 0 spiro atoms. The Labute approximate surface area is 296 Å². The van der Waals surface area contributed by atoms with Crippen molar-refractivity contribution in [2.24, 2.45) is 0 Å². The fourth-order valence-corrected chi connectivity index (χ4v) is 7.00. The molecule has 3 heteroatoms. The maximum absolute atomic E-state index is 13.1. The highest BCUT2D eigenvalue weighted by atomic mass is 16.5. The van der Waals surface area contributed by atoms with Crippen LogP contribution in [0.15, 0.2) is 0 Å². The normalized spacial score (nSPS) is 12.9. The SMILES string of the molecule is CCCCCCCCCCCCCCCCCC(=O)C(CCC)OC(CCC)C(=O)CCCCCCCCCCCCCCCCC. The molecule has 2 atom stereocenters. The Kier molecular flexibility index (Phi) is 37.5. The lowest BCUT2D eigenvalue weighted by Crippen LogP contribution is -2.34. The summed E-state index contributed by atoms with van der Waals surface area (Å²) >= 11 is 0. The second kappa shape index (κ2) is 38.1. The largest absolute Gasteiger partial charge is 0.359 e. The molecule has 0 aliphatic carbocycles. The lowest BCUT2D eigenvalue weighted by atomic mass is 10.00. The van der Waals surface area contributed by atoms with Crippen molar-refractivity contribution in [3.8, 4) is 0 Å².